The predicted octanol–water partition coefficient (Wildman–Crippen LogP) is 1.10. The Morgan fingerprint density at radius 1 is 1.40 bits per heavy atom. The number of piperidine rings is 1. The number of hydrogen-bond donors (Lipinski definition) is 1. The molecule has 1 aliphatic rings. The minimum absolute atomic E-state index is 0.0541. The van der Waals surface area contributed by atoms with E-state index in [1.165, 1.54) is 0 Å². The second-order valence-electron chi connectivity index (χ2n) is 7.09. The SMILES string of the molecule is C[C@H]1C[C@@H](NC(=O)CN(C)C)CN(c2ccc(C#N)n3nccc23)C1. The zero-order chi connectivity index (χ0) is 18.0. The standard InChI is InChI=1S/C18H24N6O/c1-13-8-14(21-18(25)12-22(2)3)11-23(10-13)16-5-4-15(9-19)24-17(16)6-7-20-24/h4-7,13-14H,8,10-12H2,1-3H3,(H,21,25)/t13-,14+/m0/s1. The quantitative estimate of drug-likeness (QED) is 0.902. The van der Waals surface area contributed by atoms with E-state index in [0.717, 1.165) is 30.7 Å². The zero-order valence-corrected chi connectivity index (χ0v) is 14.9. The average Bonchev–Trinajstić information content (AvgIpc) is 3.01. The Morgan fingerprint density at radius 2 is 2.20 bits per heavy atom. The lowest BCUT2D eigenvalue weighted by Crippen LogP contribution is -2.52. The molecule has 0 radical (unpaired) electrons. The molecule has 2 aromatic heterocycles. The fraction of sp³-hybridized carbons (Fsp3) is 0.500. The van der Waals surface area contributed by atoms with Crippen molar-refractivity contribution in [3.63, 3.8) is 0 Å². The van der Waals surface area contributed by atoms with Gasteiger partial charge >= 0.3 is 0 Å². The lowest BCUT2D eigenvalue weighted by atomic mass is 9.95. The van der Waals surface area contributed by atoms with E-state index in [2.05, 4.69) is 28.3 Å². The molecule has 1 aliphatic heterocycles. The van der Waals surface area contributed by atoms with E-state index in [-0.39, 0.29) is 11.9 Å². The number of pyridine rings is 1. The first-order valence-corrected chi connectivity index (χ1v) is 8.54. The van der Waals surface area contributed by atoms with Crippen LogP contribution in [0, 0.1) is 17.2 Å². The summed E-state index contributed by atoms with van der Waals surface area (Å²) >= 11 is 0. The maximum absolute atomic E-state index is 12.1. The van der Waals surface area contributed by atoms with Gasteiger partial charge < -0.3 is 15.1 Å². The summed E-state index contributed by atoms with van der Waals surface area (Å²) in [6.45, 7) is 4.28. The summed E-state index contributed by atoms with van der Waals surface area (Å²) < 4.78 is 1.67. The Labute approximate surface area is 147 Å². The highest BCUT2D eigenvalue weighted by Crippen LogP contribution is 2.28. The van der Waals surface area contributed by atoms with Crippen molar-refractivity contribution < 1.29 is 4.79 Å². The van der Waals surface area contributed by atoms with Crippen LogP contribution in [0.2, 0.25) is 0 Å². The topological polar surface area (TPSA) is 76.7 Å². The molecule has 3 rings (SSSR count). The number of aromatic nitrogens is 2. The number of likely N-dealkylation sites (N-methyl/N-ethyl adjacent to an activating group) is 1. The second kappa shape index (κ2) is 7.11. The van der Waals surface area contributed by atoms with E-state index < -0.39 is 0 Å². The minimum Gasteiger partial charge on any atom is -0.367 e. The molecular formula is C18H24N6O. The van der Waals surface area contributed by atoms with Gasteiger partial charge in [-0.1, -0.05) is 6.92 Å². The van der Waals surface area contributed by atoms with Gasteiger partial charge in [0.1, 0.15) is 11.8 Å². The number of carbonyl (C=O) groups excluding carboxylic acids is 1. The van der Waals surface area contributed by atoms with E-state index in [4.69, 9.17) is 0 Å². The molecule has 7 heteroatoms. The molecule has 0 bridgehead atoms. The maximum Gasteiger partial charge on any atom is 0.234 e. The van der Waals surface area contributed by atoms with Gasteiger partial charge in [0.05, 0.1) is 23.9 Å². The van der Waals surface area contributed by atoms with Crippen molar-refractivity contribution in [2.45, 2.75) is 19.4 Å². The first-order valence-electron chi connectivity index (χ1n) is 8.54. The zero-order valence-electron chi connectivity index (χ0n) is 14.9. The van der Waals surface area contributed by atoms with E-state index in [0.29, 0.717) is 18.2 Å². The fourth-order valence-electron chi connectivity index (χ4n) is 3.57. The third kappa shape index (κ3) is 3.74. The lowest BCUT2D eigenvalue weighted by molar-refractivity contribution is -0.122. The highest BCUT2D eigenvalue weighted by Gasteiger charge is 2.27. The molecule has 132 valence electrons. The van der Waals surface area contributed by atoms with Crippen LogP contribution in [-0.4, -0.2) is 60.2 Å². The number of carbonyl (C=O) groups is 1. The third-order valence-corrected chi connectivity index (χ3v) is 4.47. The van der Waals surface area contributed by atoms with Crippen LogP contribution in [0.1, 0.15) is 19.0 Å². The van der Waals surface area contributed by atoms with E-state index in [9.17, 15) is 10.1 Å². The van der Waals surface area contributed by atoms with E-state index in [1.807, 2.05) is 31.1 Å². The van der Waals surface area contributed by atoms with Crippen molar-refractivity contribution >= 4 is 17.1 Å². The van der Waals surface area contributed by atoms with Crippen LogP contribution in [0.25, 0.3) is 5.52 Å². The molecule has 3 heterocycles. The normalized spacial score (nSPS) is 20.7. The summed E-state index contributed by atoms with van der Waals surface area (Å²) in [6.07, 6.45) is 2.69. The number of nitrogens with zero attached hydrogens (tertiary/aromatic N) is 5. The van der Waals surface area contributed by atoms with Crippen molar-refractivity contribution in [2.24, 2.45) is 5.92 Å². The van der Waals surface area contributed by atoms with Crippen molar-refractivity contribution in [1.29, 1.82) is 5.26 Å². The van der Waals surface area contributed by atoms with Gasteiger partial charge in [0.15, 0.2) is 0 Å². The number of hydrogen-bond acceptors (Lipinski definition) is 5. The van der Waals surface area contributed by atoms with Crippen molar-refractivity contribution in [1.82, 2.24) is 19.8 Å². The molecule has 1 amide bonds. The van der Waals surface area contributed by atoms with Crippen molar-refractivity contribution in [2.75, 3.05) is 38.6 Å². The van der Waals surface area contributed by atoms with Crippen LogP contribution in [0.5, 0.6) is 0 Å². The Balaban J connectivity index is 1.82. The summed E-state index contributed by atoms with van der Waals surface area (Å²) in [5, 5.41) is 16.6. The van der Waals surface area contributed by atoms with Gasteiger partial charge in [-0.25, -0.2) is 4.52 Å². The van der Waals surface area contributed by atoms with Gasteiger partial charge in [0, 0.05) is 19.1 Å². The number of fused-ring (bicyclic) bond motifs is 1. The monoisotopic (exact) mass is 340 g/mol. The molecule has 0 saturated carbocycles. The molecule has 0 unspecified atom stereocenters. The largest absolute Gasteiger partial charge is 0.367 e. The van der Waals surface area contributed by atoms with Gasteiger partial charge in [-0.2, -0.15) is 10.4 Å². The molecule has 0 aliphatic carbocycles. The van der Waals surface area contributed by atoms with Crippen molar-refractivity contribution in [3.8, 4) is 6.07 Å². The molecule has 2 aromatic rings. The highest BCUT2D eigenvalue weighted by molar-refractivity contribution is 5.78. The summed E-state index contributed by atoms with van der Waals surface area (Å²) in [6, 6.07) is 7.99. The first kappa shape index (κ1) is 17.2. The maximum atomic E-state index is 12.1. The molecule has 7 nitrogen and oxygen atoms in total. The molecule has 1 saturated heterocycles. The van der Waals surface area contributed by atoms with Crippen LogP contribution < -0.4 is 10.2 Å². The van der Waals surface area contributed by atoms with Gasteiger partial charge in [0.2, 0.25) is 5.91 Å². The van der Waals surface area contributed by atoms with Gasteiger partial charge in [-0.15, -0.1) is 0 Å². The summed E-state index contributed by atoms with van der Waals surface area (Å²) in [4.78, 5) is 16.3. The van der Waals surface area contributed by atoms with Gasteiger partial charge in [0.25, 0.3) is 0 Å². The van der Waals surface area contributed by atoms with E-state index in [1.54, 1.807) is 16.8 Å². The Hall–Kier alpha value is -2.59. The van der Waals surface area contributed by atoms with Gasteiger partial charge in [-0.3, -0.25) is 4.79 Å². The van der Waals surface area contributed by atoms with Crippen LogP contribution in [0.4, 0.5) is 5.69 Å². The van der Waals surface area contributed by atoms with Crippen LogP contribution in [0.3, 0.4) is 0 Å². The Morgan fingerprint density at radius 3 is 2.92 bits per heavy atom. The average molecular weight is 340 g/mol. The smallest absolute Gasteiger partial charge is 0.234 e. The molecule has 2 atom stereocenters. The molecule has 0 aromatic carbocycles. The second-order valence-corrected chi connectivity index (χ2v) is 7.09. The number of amides is 1. The van der Waals surface area contributed by atoms with Crippen LogP contribution in [-0.2, 0) is 4.79 Å². The molecular weight excluding hydrogens is 316 g/mol. The summed E-state index contributed by atoms with van der Waals surface area (Å²) in [7, 11) is 3.78. The number of nitrogens with one attached hydrogen (secondary N) is 1. The van der Waals surface area contributed by atoms with Gasteiger partial charge in [-0.05, 0) is 44.6 Å². The molecule has 0 spiro atoms. The van der Waals surface area contributed by atoms with E-state index >= 15 is 0 Å². The third-order valence-electron chi connectivity index (χ3n) is 4.47. The highest BCUT2D eigenvalue weighted by atomic mass is 16.2. The minimum atomic E-state index is 0.0541. The van der Waals surface area contributed by atoms with Crippen LogP contribution >= 0.6 is 0 Å². The molecule has 1 N–H and O–H groups in total. The predicted molar refractivity (Wildman–Crippen MR) is 96.4 cm³/mol. The number of nitriles is 1. The summed E-state index contributed by atoms with van der Waals surface area (Å²) in [5.41, 5.74) is 2.49. The fourth-order valence-corrected chi connectivity index (χ4v) is 3.57. The molecule has 1 fully saturated rings. The molecule has 25 heavy (non-hydrogen) atoms. The lowest BCUT2D eigenvalue weighted by Gasteiger charge is -2.38. The Kier molecular flexibility index (Phi) is 4.91. The first-order chi connectivity index (χ1) is 12.0. The number of rotatable bonds is 4. The van der Waals surface area contributed by atoms with Crippen LogP contribution in [0.15, 0.2) is 24.4 Å². The van der Waals surface area contributed by atoms with Crippen molar-refractivity contribution in [3.05, 3.63) is 30.1 Å². The number of anilines is 1. The summed E-state index contributed by atoms with van der Waals surface area (Å²) in [5.74, 6) is 0.524. The Bertz CT molecular complexity index is 805.